The smallest absolute Gasteiger partial charge is 0.0726 e. The van der Waals surface area contributed by atoms with E-state index in [1.807, 2.05) is 12.1 Å². The van der Waals surface area contributed by atoms with E-state index in [1.54, 1.807) is 24.3 Å². The zero-order valence-electron chi connectivity index (χ0n) is 33.5. The zero-order chi connectivity index (χ0) is 40.6. The Morgan fingerprint density at radius 2 is 0.787 bits per heavy atom. The molecule has 2 spiro atoms. The molecule has 0 heterocycles. The van der Waals surface area contributed by atoms with Crippen LogP contribution < -0.4 is 10.1 Å². The molecule has 8 aromatic rings. The van der Waals surface area contributed by atoms with Crippen molar-refractivity contribution in [1.29, 1.82) is 0 Å². The molecule has 4 nitrogen and oxygen atoms in total. The maximum Gasteiger partial charge on any atom is 0.0726 e. The van der Waals surface area contributed by atoms with Crippen LogP contribution in [-0.2, 0) is 10.8 Å². The summed E-state index contributed by atoms with van der Waals surface area (Å²) in [5, 5.41) is 30.8. The summed E-state index contributed by atoms with van der Waals surface area (Å²) in [7, 11) is 0. The SMILES string of the molecule is Cc1ccc2c(c1)C1(c3ccccc3-c3ccccc31)c1cc(N([O-])c3ccc(N([O-])c4ccc5c(c4)C4(C6=C(C=CCC6)c6ccccc64)c4ccccc4-5)cc3)ccc1-2. The van der Waals surface area contributed by atoms with Gasteiger partial charge in [0.15, 0.2) is 0 Å². The lowest BCUT2D eigenvalue weighted by molar-refractivity contribution is 0.714. The van der Waals surface area contributed by atoms with Gasteiger partial charge in [-0.3, -0.25) is 0 Å². The predicted octanol–water partition coefficient (Wildman–Crippen LogP) is 14.0. The lowest BCUT2D eigenvalue weighted by atomic mass is 9.68. The van der Waals surface area contributed by atoms with Crippen LogP contribution in [0, 0.1) is 17.3 Å². The van der Waals surface area contributed by atoms with Gasteiger partial charge >= 0.3 is 0 Å². The van der Waals surface area contributed by atoms with E-state index in [4.69, 9.17) is 0 Å². The highest BCUT2D eigenvalue weighted by molar-refractivity contribution is 5.99. The molecule has 0 saturated heterocycles. The van der Waals surface area contributed by atoms with E-state index in [0.717, 1.165) is 39.7 Å². The molecule has 13 rings (SSSR count). The Morgan fingerprint density at radius 3 is 1.33 bits per heavy atom. The molecule has 1 atom stereocenters. The molecule has 290 valence electrons. The van der Waals surface area contributed by atoms with Crippen LogP contribution in [0.1, 0.15) is 62.9 Å². The molecule has 5 aliphatic rings. The summed E-state index contributed by atoms with van der Waals surface area (Å²) < 4.78 is 0. The minimum Gasteiger partial charge on any atom is -0.754 e. The van der Waals surface area contributed by atoms with Gasteiger partial charge in [-0.15, -0.1) is 0 Å². The number of anilines is 4. The zero-order valence-corrected chi connectivity index (χ0v) is 33.5. The van der Waals surface area contributed by atoms with Gasteiger partial charge in [0.2, 0.25) is 0 Å². The highest BCUT2D eigenvalue weighted by Gasteiger charge is 2.53. The first-order chi connectivity index (χ1) is 30.0. The van der Waals surface area contributed by atoms with Crippen molar-refractivity contribution in [3.63, 3.8) is 0 Å². The highest BCUT2D eigenvalue weighted by Crippen LogP contribution is 2.65. The minimum atomic E-state index is -0.546. The fourth-order valence-electron chi connectivity index (χ4n) is 11.9. The molecular formula is C57H38N2O2-2. The normalized spacial score (nSPS) is 17.4. The van der Waals surface area contributed by atoms with Gasteiger partial charge in [0, 0.05) is 22.7 Å². The molecule has 0 bridgehead atoms. The number of fused-ring (bicyclic) bond motifs is 19. The minimum absolute atomic E-state index is 0.455. The van der Waals surface area contributed by atoms with E-state index in [1.165, 1.54) is 77.9 Å². The third-order valence-corrected chi connectivity index (χ3v) is 14.3. The predicted molar refractivity (Wildman–Crippen MR) is 248 cm³/mol. The lowest BCUT2D eigenvalue weighted by Crippen LogP contribution is -2.28. The first-order valence-corrected chi connectivity index (χ1v) is 21.2. The van der Waals surface area contributed by atoms with Crippen LogP contribution in [-0.4, -0.2) is 0 Å². The number of benzene rings is 8. The molecule has 0 aliphatic heterocycles. The van der Waals surface area contributed by atoms with Crippen LogP contribution in [0.3, 0.4) is 0 Å². The van der Waals surface area contributed by atoms with Crippen LogP contribution in [0.25, 0.3) is 39.0 Å². The van der Waals surface area contributed by atoms with Crippen molar-refractivity contribution < 1.29 is 0 Å². The maximum atomic E-state index is 14.4. The molecule has 0 aromatic heterocycles. The summed E-state index contributed by atoms with van der Waals surface area (Å²) in [6, 6.07) is 61.0. The van der Waals surface area contributed by atoms with Gasteiger partial charge in [0.1, 0.15) is 0 Å². The summed E-state index contributed by atoms with van der Waals surface area (Å²) >= 11 is 0. The molecule has 0 amide bonds. The molecule has 4 heteroatoms. The van der Waals surface area contributed by atoms with Gasteiger partial charge in [-0.2, -0.15) is 0 Å². The third-order valence-electron chi connectivity index (χ3n) is 14.3. The van der Waals surface area contributed by atoms with E-state index in [2.05, 4.69) is 159 Å². The van der Waals surface area contributed by atoms with Crippen molar-refractivity contribution in [2.24, 2.45) is 0 Å². The summed E-state index contributed by atoms with van der Waals surface area (Å²) in [5.41, 5.74) is 22.0. The van der Waals surface area contributed by atoms with Crippen molar-refractivity contribution >= 4 is 28.3 Å². The van der Waals surface area contributed by atoms with Crippen LogP contribution in [0.15, 0.2) is 194 Å². The standard InChI is InChI=1S/C57H38N2O2/c1-35-22-29-45-47-31-28-39(34-55(47)57(53(45)32-35)51-20-10-4-14-42(51)43-15-5-11-21-52(43)57)59(61)37-25-23-36(24-26-37)58(60)38-27-30-46-44-16-6-9-19-50(44)56(54(46)33-38)48-17-7-2-12-40(48)41-13-3-8-18-49(41)56/h2-7,9-17,19-34H,8,18H2,1H3/q-2. The number of hydrogen-bond donors (Lipinski definition) is 0. The first-order valence-electron chi connectivity index (χ1n) is 21.2. The topological polar surface area (TPSA) is 52.6 Å². The monoisotopic (exact) mass is 782 g/mol. The second kappa shape index (κ2) is 12.4. The van der Waals surface area contributed by atoms with Gasteiger partial charge in [-0.25, -0.2) is 0 Å². The largest absolute Gasteiger partial charge is 0.754 e. The molecule has 5 aliphatic carbocycles. The quantitative estimate of drug-likeness (QED) is 0.167. The Labute approximate surface area is 355 Å². The van der Waals surface area contributed by atoms with Crippen LogP contribution in [0.5, 0.6) is 0 Å². The number of aryl methyl sites for hydroxylation is 1. The summed E-state index contributed by atoms with van der Waals surface area (Å²) in [5.74, 6) is 0. The van der Waals surface area contributed by atoms with Crippen molar-refractivity contribution in [3.8, 4) is 33.4 Å². The fourth-order valence-corrected chi connectivity index (χ4v) is 11.9. The van der Waals surface area contributed by atoms with Gasteiger partial charge < -0.3 is 20.5 Å². The van der Waals surface area contributed by atoms with E-state index in [-0.39, 0.29) is 0 Å². The van der Waals surface area contributed by atoms with Crippen molar-refractivity contribution in [2.45, 2.75) is 30.6 Å². The highest BCUT2D eigenvalue weighted by atomic mass is 16.5. The molecule has 1 unspecified atom stereocenters. The second-order valence-corrected chi connectivity index (χ2v) is 17.1. The van der Waals surface area contributed by atoms with Crippen molar-refractivity contribution in [2.75, 3.05) is 10.1 Å². The number of hydrogen-bond acceptors (Lipinski definition) is 4. The average molecular weight is 783 g/mol. The Hall–Kier alpha value is -7.24. The second-order valence-electron chi connectivity index (χ2n) is 17.1. The molecular weight excluding hydrogens is 745 g/mol. The van der Waals surface area contributed by atoms with Crippen LogP contribution >= 0.6 is 0 Å². The lowest BCUT2D eigenvalue weighted by Gasteiger charge is -2.36. The van der Waals surface area contributed by atoms with Crippen LogP contribution in [0.4, 0.5) is 22.7 Å². The van der Waals surface area contributed by atoms with E-state index >= 15 is 0 Å². The Bertz CT molecular complexity index is 3220. The Kier molecular flexibility index (Phi) is 7.04. The first kappa shape index (κ1) is 34.6. The van der Waals surface area contributed by atoms with E-state index in [0.29, 0.717) is 22.7 Å². The third kappa shape index (κ3) is 4.35. The molecule has 0 fully saturated rings. The number of nitrogens with zero attached hydrogens (tertiary/aromatic N) is 2. The summed E-state index contributed by atoms with van der Waals surface area (Å²) in [4.78, 5) is 0. The van der Waals surface area contributed by atoms with Gasteiger partial charge in [-0.1, -0.05) is 145 Å². The molecule has 61 heavy (non-hydrogen) atoms. The molecule has 0 radical (unpaired) electrons. The molecule has 0 N–H and O–H groups in total. The van der Waals surface area contributed by atoms with Crippen molar-refractivity contribution in [3.05, 3.63) is 254 Å². The van der Waals surface area contributed by atoms with Crippen LogP contribution in [0.2, 0.25) is 0 Å². The number of rotatable bonds is 4. The number of allylic oxidation sites excluding steroid dienone is 4. The van der Waals surface area contributed by atoms with Gasteiger partial charge in [-0.05, 0) is 157 Å². The van der Waals surface area contributed by atoms with Gasteiger partial charge in [0.25, 0.3) is 0 Å². The Morgan fingerprint density at radius 1 is 0.393 bits per heavy atom. The fraction of sp³-hybridized carbons (Fsp3) is 0.0877. The molecule has 0 saturated carbocycles. The summed E-state index contributed by atoms with van der Waals surface area (Å²) in [6.45, 7) is 2.15. The van der Waals surface area contributed by atoms with Crippen molar-refractivity contribution in [1.82, 2.24) is 0 Å². The van der Waals surface area contributed by atoms with Gasteiger partial charge in [0.05, 0.1) is 10.8 Å². The maximum absolute atomic E-state index is 14.4. The Balaban J connectivity index is 0.877. The van der Waals surface area contributed by atoms with E-state index in [9.17, 15) is 10.4 Å². The summed E-state index contributed by atoms with van der Waals surface area (Å²) in [6.07, 6.45) is 6.54. The average Bonchev–Trinajstić information content (AvgIpc) is 3.99. The molecule has 8 aromatic carbocycles. The van der Waals surface area contributed by atoms with E-state index < -0.39 is 10.8 Å².